The van der Waals surface area contributed by atoms with Crippen molar-refractivity contribution in [2.45, 2.75) is 19.4 Å². The molecule has 0 saturated heterocycles. The number of anilines is 1. The van der Waals surface area contributed by atoms with Crippen molar-refractivity contribution in [2.75, 3.05) is 12.4 Å². The third kappa shape index (κ3) is 4.11. The predicted octanol–water partition coefficient (Wildman–Crippen LogP) is 3.20. The summed E-state index contributed by atoms with van der Waals surface area (Å²) in [6.07, 6.45) is 0. The van der Waals surface area contributed by atoms with Crippen molar-refractivity contribution in [3.8, 4) is 5.75 Å². The van der Waals surface area contributed by atoms with Gasteiger partial charge in [-0.25, -0.2) is 9.59 Å². The molecule has 8 heteroatoms. The zero-order valence-electron chi connectivity index (χ0n) is 11.1. The average Bonchev–Trinajstić information content (AvgIpc) is 2.31. The number of carbonyl (C=O) groups excluding carboxylic acids is 1. The van der Waals surface area contributed by atoms with Crippen LogP contribution in [0.2, 0.25) is 0 Å². The minimum absolute atomic E-state index is 0.462. The summed E-state index contributed by atoms with van der Waals surface area (Å²) in [5.41, 5.74) is -0.903. The Morgan fingerprint density at radius 3 is 2.35 bits per heavy atom. The Labute approximate surface area is 133 Å². The van der Waals surface area contributed by atoms with Crippen LogP contribution in [0.5, 0.6) is 5.75 Å². The number of urea groups is 1. The Bertz CT molecular complexity index is 547. The van der Waals surface area contributed by atoms with E-state index in [-0.39, 0.29) is 0 Å². The highest BCUT2D eigenvalue weighted by Crippen LogP contribution is 2.34. The van der Waals surface area contributed by atoms with Gasteiger partial charge in [-0.15, -0.1) is 0 Å². The third-order valence-electron chi connectivity index (χ3n) is 2.45. The second-order valence-corrected chi connectivity index (χ2v) is 6.18. The molecule has 0 radical (unpaired) electrons. The zero-order valence-corrected chi connectivity index (χ0v) is 14.3. The Kier molecular flexibility index (Phi) is 5.41. The summed E-state index contributed by atoms with van der Waals surface area (Å²) in [6.45, 7) is 2.79. The van der Waals surface area contributed by atoms with Crippen LogP contribution in [0.3, 0.4) is 0 Å². The Hall–Kier alpha value is -1.28. The van der Waals surface area contributed by atoms with Crippen molar-refractivity contribution in [3.63, 3.8) is 0 Å². The summed E-state index contributed by atoms with van der Waals surface area (Å²) >= 11 is 6.62. The molecule has 0 bridgehead atoms. The van der Waals surface area contributed by atoms with Gasteiger partial charge in [0.05, 0.1) is 17.3 Å². The van der Waals surface area contributed by atoms with Gasteiger partial charge in [0.2, 0.25) is 0 Å². The van der Waals surface area contributed by atoms with Gasteiger partial charge in [0.25, 0.3) is 0 Å². The van der Waals surface area contributed by atoms with Gasteiger partial charge in [0.15, 0.2) is 0 Å². The molecule has 0 aliphatic heterocycles. The van der Waals surface area contributed by atoms with Gasteiger partial charge in [-0.3, -0.25) is 0 Å². The van der Waals surface area contributed by atoms with Gasteiger partial charge >= 0.3 is 12.0 Å². The number of hydrogen-bond donors (Lipinski definition) is 3. The van der Waals surface area contributed by atoms with Crippen LogP contribution in [0.15, 0.2) is 21.1 Å². The molecule has 0 aliphatic carbocycles. The number of methoxy groups -OCH3 is 1. The molecule has 2 amide bonds. The van der Waals surface area contributed by atoms with E-state index >= 15 is 0 Å². The normalized spacial score (nSPS) is 10.8. The number of ether oxygens (including phenoxy) is 1. The lowest BCUT2D eigenvalue weighted by Crippen LogP contribution is -2.51. The summed E-state index contributed by atoms with van der Waals surface area (Å²) in [5, 5.41) is 13.9. The monoisotopic (exact) mass is 408 g/mol. The molecule has 3 N–H and O–H groups in total. The number of halogens is 2. The van der Waals surface area contributed by atoms with Crippen LogP contribution < -0.4 is 15.4 Å². The van der Waals surface area contributed by atoms with Crippen molar-refractivity contribution < 1.29 is 19.4 Å². The van der Waals surface area contributed by atoms with Gasteiger partial charge in [-0.2, -0.15) is 0 Å². The predicted molar refractivity (Wildman–Crippen MR) is 82.3 cm³/mol. The van der Waals surface area contributed by atoms with Crippen molar-refractivity contribution in [3.05, 3.63) is 21.1 Å². The molecule has 0 aliphatic rings. The minimum atomic E-state index is -1.37. The molecule has 0 spiro atoms. The first kappa shape index (κ1) is 16.8. The molecule has 0 aromatic heterocycles. The maximum Gasteiger partial charge on any atom is 0.328 e. The molecule has 0 unspecified atom stereocenters. The number of aliphatic carboxylic acids is 1. The van der Waals surface area contributed by atoms with E-state index in [1.165, 1.54) is 21.0 Å². The van der Waals surface area contributed by atoms with E-state index in [9.17, 15) is 9.59 Å². The fourth-order valence-electron chi connectivity index (χ4n) is 1.27. The van der Waals surface area contributed by atoms with Crippen LogP contribution in [-0.2, 0) is 4.79 Å². The molecule has 1 aromatic carbocycles. The number of hydrogen-bond acceptors (Lipinski definition) is 3. The largest absolute Gasteiger partial charge is 0.495 e. The molecule has 6 nitrogen and oxygen atoms in total. The minimum Gasteiger partial charge on any atom is -0.495 e. The number of carboxylic acid groups (broad SMARTS) is 1. The van der Waals surface area contributed by atoms with Crippen LogP contribution in [0.25, 0.3) is 0 Å². The van der Waals surface area contributed by atoms with E-state index in [1.807, 2.05) is 0 Å². The van der Waals surface area contributed by atoms with Crippen LogP contribution in [0.4, 0.5) is 10.5 Å². The summed E-state index contributed by atoms with van der Waals surface area (Å²) in [6, 6.07) is 2.71. The highest BCUT2D eigenvalue weighted by molar-refractivity contribution is 9.11. The highest BCUT2D eigenvalue weighted by atomic mass is 79.9. The smallest absolute Gasteiger partial charge is 0.328 e. The second-order valence-electron chi connectivity index (χ2n) is 4.48. The first-order chi connectivity index (χ1) is 9.17. The van der Waals surface area contributed by atoms with Crippen LogP contribution in [-0.4, -0.2) is 29.8 Å². The molecule has 1 rings (SSSR count). The summed E-state index contributed by atoms with van der Waals surface area (Å²) in [5.74, 6) is -0.582. The molecule has 110 valence electrons. The Balaban J connectivity index is 2.89. The van der Waals surface area contributed by atoms with Crippen LogP contribution >= 0.6 is 31.9 Å². The van der Waals surface area contributed by atoms with E-state index < -0.39 is 17.5 Å². The third-order valence-corrected chi connectivity index (χ3v) is 3.73. The number of nitrogens with one attached hydrogen (secondary N) is 2. The average molecular weight is 410 g/mol. The molecule has 20 heavy (non-hydrogen) atoms. The number of rotatable bonds is 4. The number of amides is 2. The molecule has 0 fully saturated rings. The van der Waals surface area contributed by atoms with E-state index in [4.69, 9.17) is 9.84 Å². The van der Waals surface area contributed by atoms with Crippen LogP contribution in [0.1, 0.15) is 13.8 Å². The Morgan fingerprint density at radius 1 is 1.25 bits per heavy atom. The summed E-state index contributed by atoms with van der Waals surface area (Å²) in [7, 11) is 1.51. The first-order valence-corrected chi connectivity index (χ1v) is 7.11. The van der Waals surface area contributed by atoms with Gasteiger partial charge < -0.3 is 20.5 Å². The molecular weight excluding hydrogens is 396 g/mol. The van der Waals surface area contributed by atoms with Crippen molar-refractivity contribution in [1.82, 2.24) is 5.32 Å². The lowest BCUT2D eigenvalue weighted by Gasteiger charge is -2.21. The fourth-order valence-corrected chi connectivity index (χ4v) is 2.53. The number of carbonyl (C=O) groups is 2. The van der Waals surface area contributed by atoms with E-state index in [0.29, 0.717) is 15.9 Å². The zero-order chi connectivity index (χ0) is 15.5. The summed E-state index contributed by atoms with van der Waals surface area (Å²) < 4.78 is 6.49. The number of carboxylic acids is 1. The maximum atomic E-state index is 11.8. The summed E-state index contributed by atoms with van der Waals surface area (Å²) in [4.78, 5) is 22.8. The quantitative estimate of drug-likeness (QED) is 0.712. The molecule has 0 heterocycles. The molecular formula is C12H14Br2N2O4. The fraction of sp³-hybridized carbons (Fsp3) is 0.333. The van der Waals surface area contributed by atoms with Crippen LogP contribution in [0, 0.1) is 0 Å². The second kappa shape index (κ2) is 6.45. The molecule has 1 aromatic rings. The molecule has 0 saturated carbocycles. The number of benzene rings is 1. The topological polar surface area (TPSA) is 87.7 Å². The molecule has 0 atom stereocenters. The SMILES string of the molecule is COc1cc(NC(=O)NC(C)(C)C(=O)O)c(Br)cc1Br. The maximum absolute atomic E-state index is 11.8. The van der Waals surface area contributed by atoms with Gasteiger partial charge in [0, 0.05) is 10.5 Å². The van der Waals surface area contributed by atoms with Gasteiger partial charge in [0.1, 0.15) is 11.3 Å². The Morgan fingerprint density at radius 2 is 1.85 bits per heavy atom. The van der Waals surface area contributed by atoms with E-state index in [0.717, 1.165) is 4.47 Å². The lowest BCUT2D eigenvalue weighted by molar-refractivity contribution is -0.142. The standard InChI is InChI=1S/C12H14Br2N2O4/c1-12(2,10(17)18)16-11(19)15-8-5-9(20-3)7(14)4-6(8)13/h4-5H,1-3H3,(H,17,18)(H2,15,16,19). The van der Waals surface area contributed by atoms with Gasteiger partial charge in [-0.1, -0.05) is 0 Å². The van der Waals surface area contributed by atoms with E-state index in [2.05, 4.69) is 42.5 Å². The lowest BCUT2D eigenvalue weighted by atomic mass is 10.1. The van der Waals surface area contributed by atoms with E-state index in [1.54, 1.807) is 12.1 Å². The van der Waals surface area contributed by atoms with Crippen molar-refractivity contribution in [1.29, 1.82) is 0 Å². The van der Waals surface area contributed by atoms with Crippen molar-refractivity contribution >= 4 is 49.5 Å². The first-order valence-electron chi connectivity index (χ1n) is 5.53. The van der Waals surface area contributed by atoms with Crippen molar-refractivity contribution in [2.24, 2.45) is 0 Å². The highest BCUT2D eigenvalue weighted by Gasteiger charge is 2.29. The van der Waals surface area contributed by atoms with Gasteiger partial charge in [-0.05, 0) is 51.8 Å².